The Morgan fingerprint density at radius 1 is 1.20 bits per heavy atom. The van der Waals surface area contributed by atoms with E-state index in [1.54, 1.807) is 18.2 Å². The largest absolute Gasteiger partial charge is 0.335 e. The van der Waals surface area contributed by atoms with Crippen LogP contribution in [0.4, 0.5) is 15.3 Å². The summed E-state index contributed by atoms with van der Waals surface area (Å²) in [7, 11) is 0. The fourth-order valence-electron chi connectivity index (χ4n) is 1.98. The molecule has 0 unspecified atom stereocenters. The average Bonchev–Trinajstić information content (AvgIpc) is 2.68. The van der Waals surface area contributed by atoms with Crippen molar-refractivity contribution in [2.75, 3.05) is 18.0 Å². The predicted molar refractivity (Wildman–Crippen MR) is 79.6 cm³/mol. The minimum absolute atomic E-state index is 0.0232. The second kappa shape index (κ2) is 5.89. The maximum Gasteiger partial charge on any atom is 0.332 e. The highest BCUT2D eigenvalue weighted by Gasteiger charge is 2.34. The molecule has 1 aliphatic rings. The number of nitrogens with zero attached hydrogens (tertiary/aromatic N) is 2. The van der Waals surface area contributed by atoms with Crippen LogP contribution < -0.4 is 10.2 Å². The predicted octanol–water partition coefficient (Wildman–Crippen LogP) is 3.35. The lowest BCUT2D eigenvalue weighted by Crippen LogP contribution is -2.45. The molecule has 0 bridgehead atoms. The van der Waals surface area contributed by atoms with Crippen LogP contribution in [0.2, 0.25) is 10.0 Å². The Morgan fingerprint density at radius 3 is 2.35 bits per heavy atom. The molecule has 4 amide bonds. The van der Waals surface area contributed by atoms with Crippen LogP contribution in [0.15, 0.2) is 18.2 Å². The molecule has 1 aromatic rings. The molecule has 0 saturated carbocycles. The first-order valence-corrected chi connectivity index (χ1v) is 6.99. The Hall–Kier alpha value is -1.46. The van der Waals surface area contributed by atoms with Gasteiger partial charge < -0.3 is 5.32 Å². The molecule has 0 atom stereocenters. The number of anilines is 1. The van der Waals surface area contributed by atoms with Gasteiger partial charge in [-0.2, -0.15) is 0 Å². The van der Waals surface area contributed by atoms with Gasteiger partial charge in [0, 0.05) is 28.3 Å². The summed E-state index contributed by atoms with van der Waals surface area (Å²) >= 11 is 11.9. The Kier molecular flexibility index (Phi) is 4.40. The minimum Gasteiger partial charge on any atom is -0.335 e. The van der Waals surface area contributed by atoms with Crippen molar-refractivity contribution in [2.45, 2.75) is 19.9 Å². The van der Waals surface area contributed by atoms with Gasteiger partial charge in [0.25, 0.3) is 0 Å². The Balaban J connectivity index is 2.17. The maximum atomic E-state index is 12.3. The van der Waals surface area contributed by atoms with Crippen LogP contribution in [-0.4, -0.2) is 36.1 Å². The van der Waals surface area contributed by atoms with Gasteiger partial charge in [-0.05, 0) is 32.0 Å². The quantitative estimate of drug-likeness (QED) is 0.909. The SMILES string of the molecule is CC(C)NC(=O)N1CCN(c2cc(Cl)cc(Cl)c2)C1=O. The standard InChI is InChI=1S/C13H15Cl2N3O2/c1-8(2)16-12(19)18-4-3-17(13(18)20)11-6-9(14)5-10(15)7-11/h5-8H,3-4H2,1-2H3,(H,16,19). The van der Waals surface area contributed by atoms with E-state index in [1.165, 1.54) is 9.80 Å². The fourth-order valence-corrected chi connectivity index (χ4v) is 2.50. The van der Waals surface area contributed by atoms with E-state index >= 15 is 0 Å². The number of halogens is 2. The van der Waals surface area contributed by atoms with Crippen molar-refractivity contribution in [2.24, 2.45) is 0 Å². The molecule has 108 valence electrons. The van der Waals surface area contributed by atoms with Crippen LogP contribution in [-0.2, 0) is 0 Å². The molecule has 1 fully saturated rings. The highest BCUT2D eigenvalue weighted by atomic mass is 35.5. The van der Waals surface area contributed by atoms with E-state index in [9.17, 15) is 9.59 Å². The zero-order valence-corrected chi connectivity index (χ0v) is 12.7. The number of hydrogen-bond acceptors (Lipinski definition) is 2. The van der Waals surface area contributed by atoms with Crippen molar-refractivity contribution in [1.29, 1.82) is 0 Å². The lowest BCUT2D eigenvalue weighted by molar-refractivity contribution is 0.198. The lowest BCUT2D eigenvalue weighted by Gasteiger charge is -2.19. The van der Waals surface area contributed by atoms with Crippen molar-refractivity contribution in [1.82, 2.24) is 10.2 Å². The molecule has 1 heterocycles. The summed E-state index contributed by atoms with van der Waals surface area (Å²) in [4.78, 5) is 26.8. The number of rotatable bonds is 2. The number of hydrogen-bond donors (Lipinski definition) is 1. The van der Waals surface area contributed by atoms with Gasteiger partial charge in [-0.1, -0.05) is 23.2 Å². The van der Waals surface area contributed by atoms with Crippen LogP contribution >= 0.6 is 23.2 Å². The molecule has 0 spiro atoms. The number of carbonyl (C=O) groups is 2. The first-order valence-electron chi connectivity index (χ1n) is 6.24. The summed E-state index contributed by atoms with van der Waals surface area (Å²) in [6.45, 7) is 4.43. The van der Waals surface area contributed by atoms with Gasteiger partial charge in [-0.3, -0.25) is 4.90 Å². The number of urea groups is 2. The number of imide groups is 1. The molecule has 0 aromatic heterocycles. The van der Waals surface area contributed by atoms with Crippen molar-refractivity contribution in [3.8, 4) is 0 Å². The van der Waals surface area contributed by atoms with Crippen LogP contribution in [0.25, 0.3) is 0 Å². The van der Waals surface area contributed by atoms with Gasteiger partial charge in [0.05, 0.1) is 6.54 Å². The van der Waals surface area contributed by atoms with Crippen LogP contribution in [0.3, 0.4) is 0 Å². The zero-order chi connectivity index (χ0) is 14.9. The van der Waals surface area contributed by atoms with E-state index in [0.717, 1.165) is 0 Å². The highest BCUT2D eigenvalue weighted by molar-refractivity contribution is 6.35. The summed E-state index contributed by atoms with van der Waals surface area (Å²) in [5, 5.41) is 3.60. The summed E-state index contributed by atoms with van der Waals surface area (Å²) < 4.78 is 0. The summed E-state index contributed by atoms with van der Waals surface area (Å²) in [6.07, 6.45) is 0. The van der Waals surface area contributed by atoms with Gasteiger partial charge in [0.15, 0.2) is 0 Å². The van der Waals surface area contributed by atoms with Gasteiger partial charge in [0.1, 0.15) is 0 Å². The second-order valence-electron chi connectivity index (χ2n) is 4.82. The summed E-state index contributed by atoms with van der Waals surface area (Å²) in [5.41, 5.74) is 0.590. The summed E-state index contributed by atoms with van der Waals surface area (Å²) in [5.74, 6) is 0. The zero-order valence-electron chi connectivity index (χ0n) is 11.2. The molecular weight excluding hydrogens is 301 g/mol. The lowest BCUT2D eigenvalue weighted by atomic mass is 10.3. The van der Waals surface area contributed by atoms with E-state index < -0.39 is 0 Å². The van der Waals surface area contributed by atoms with E-state index in [1.807, 2.05) is 13.8 Å². The van der Waals surface area contributed by atoms with Crippen LogP contribution in [0.5, 0.6) is 0 Å². The Labute approximate surface area is 127 Å². The molecule has 1 N–H and O–H groups in total. The average molecular weight is 316 g/mol. The van der Waals surface area contributed by atoms with Crippen LogP contribution in [0, 0.1) is 0 Å². The van der Waals surface area contributed by atoms with Gasteiger partial charge in [0.2, 0.25) is 0 Å². The Morgan fingerprint density at radius 2 is 1.80 bits per heavy atom. The normalized spacial score (nSPS) is 15.2. The third kappa shape index (κ3) is 3.16. The maximum absolute atomic E-state index is 12.3. The third-order valence-electron chi connectivity index (χ3n) is 2.83. The van der Waals surface area contributed by atoms with Crippen molar-refractivity contribution in [3.05, 3.63) is 28.2 Å². The van der Waals surface area contributed by atoms with Crippen LogP contribution in [0.1, 0.15) is 13.8 Å². The Bertz CT molecular complexity index is 528. The summed E-state index contributed by atoms with van der Waals surface area (Å²) in [6, 6.07) is 4.10. The number of amides is 4. The molecule has 1 aromatic carbocycles. The fraction of sp³-hybridized carbons (Fsp3) is 0.385. The van der Waals surface area contributed by atoms with E-state index in [-0.39, 0.29) is 18.1 Å². The smallest absolute Gasteiger partial charge is 0.332 e. The number of nitrogens with one attached hydrogen (secondary N) is 1. The monoisotopic (exact) mass is 315 g/mol. The molecule has 2 rings (SSSR count). The highest BCUT2D eigenvalue weighted by Crippen LogP contribution is 2.27. The second-order valence-corrected chi connectivity index (χ2v) is 5.69. The minimum atomic E-state index is -0.388. The molecule has 1 saturated heterocycles. The van der Waals surface area contributed by atoms with E-state index in [0.29, 0.717) is 28.8 Å². The van der Waals surface area contributed by atoms with Gasteiger partial charge in [-0.15, -0.1) is 0 Å². The van der Waals surface area contributed by atoms with Gasteiger partial charge >= 0.3 is 12.1 Å². The van der Waals surface area contributed by atoms with Crippen molar-refractivity contribution >= 4 is 41.0 Å². The van der Waals surface area contributed by atoms with E-state index in [4.69, 9.17) is 23.2 Å². The van der Waals surface area contributed by atoms with Crippen molar-refractivity contribution in [3.63, 3.8) is 0 Å². The van der Waals surface area contributed by atoms with E-state index in [2.05, 4.69) is 5.32 Å². The molecular formula is C13H15Cl2N3O2. The third-order valence-corrected chi connectivity index (χ3v) is 3.26. The van der Waals surface area contributed by atoms with Crippen molar-refractivity contribution < 1.29 is 9.59 Å². The molecule has 5 nitrogen and oxygen atoms in total. The molecule has 7 heteroatoms. The number of benzene rings is 1. The number of carbonyl (C=O) groups excluding carboxylic acids is 2. The first kappa shape index (κ1) is 14.9. The molecule has 20 heavy (non-hydrogen) atoms. The molecule has 0 radical (unpaired) electrons. The topological polar surface area (TPSA) is 52.7 Å². The molecule has 0 aliphatic carbocycles. The first-order chi connectivity index (χ1) is 9.38. The molecule has 1 aliphatic heterocycles. The van der Waals surface area contributed by atoms with Gasteiger partial charge in [-0.25, -0.2) is 14.5 Å².